The van der Waals surface area contributed by atoms with Crippen LogP contribution in [0.25, 0.3) is 0 Å². The molecule has 3 aromatic carbocycles. The van der Waals surface area contributed by atoms with Gasteiger partial charge >= 0.3 is 0 Å². The standard InChI is InChI=1S/C23H20ClNO4/c1-15(23(27)25-20-14-18(24)10-13-21(20)28-2)29-19-11-8-17(9-12-19)22(26)16-6-4-3-5-7-16/h3-15H,1-2H3,(H,25,27). The lowest BCUT2D eigenvalue weighted by Gasteiger charge is -2.16. The van der Waals surface area contributed by atoms with Crippen LogP contribution in [0.5, 0.6) is 11.5 Å². The van der Waals surface area contributed by atoms with Crippen LogP contribution in [-0.2, 0) is 4.79 Å². The monoisotopic (exact) mass is 409 g/mol. The fourth-order valence-electron chi connectivity index (χ4n) is 2.71. The summed E-state index contributed by atoms with van der Waals surface area (Å²) in [5.41, 5.74) is 1.62. The van der Waals surface area contributed by atoms with Gasteiger partial charge in [0.05, 0.1) is 12.8 Å². The van der Waals surface area contributed by atoms with Gasteiger partial charge in [0.2, 0.25) is 0 Å². The Balaban J connectivity index is 1.65. The van der Waals surface area contributed by atoms with Crippen molar-refractivity contribution in [1.82, 2.24) is 0 Å². The minimum atomic E-state index is -0.769. The molecule has 0 spiro atoms. The molecule has 0 aromatic heterocycles. The minimum absolute atomic E-state index is 0.0732. The average Bonchev–Trinajstić information content (AvgIpc) is 2.74. The van der Waals surface area contributed by atoms with Gasteiger partial charge in [-0.25, -0.2) is 0 Å². The van der Waals surface area contributed by atoms with Crippen molar-refractivity contribution >= 4 is 29.0 Å². The summed E-state index contributed by atoms with van der Waals surface area (Å²) in [6.07, 6.45) is -0.769. The van der Waals surface area contributed by atoms with Crippen molar-refractivity contribution in [3.63, 3.8) is 0 Å². The third-order valence-corrected chi connectivity index (χ3v) is 4.49. The molecule has 5 nitrogen and oxygen atoms in total. The zero-order chi connectivity index (χ0) is 20.8. The molecule has 3 rings (SSSR count). The number of hydrogen-bond donors (Lipinski definition) is 1. The molecular weight excluding hydrogens is 390 g/mol. The van der Waals surface area contributed by atoms with Crippen LogP contribution in [-0.4, -0.2) is 24.9 Å². The van der Waals surface area contributed by atoms with Gasteiger partial charge in [0.1, 0.15) is 11.5 Å². The maximum Gasteiger partial charge on any atom is 0.265 e. The molecule has 148 valence electrons. The average molecular weight is 410 g/mol. The Bertz CT molecular complexity index is 1000. The molecule has 0 fully saturated rings. The normalized spacial score (nSPS) is 11.4. The second-order valence-corrected chi connectivity index (χ2v) is 6.75. The number of carbonyl (C=O) groups excluding carboxylic acids is 2. The molecule has 0 saturated heterocycles. The lowest BCUT2D eigenvalue weighted by atomic mass is 10.0. The first-order chi connectivity index (χ1) is 14.0. The van der Waals surface area contributed by atoms with Crippen molar-refractivity contribution in [3.8, 4) is 11.5 Å². The summed E-state index contributed by atoms with van der Waals surface area (Å²) in [5.74, 6) is 0.556. The number of anilines is 1. The number of methoxy groups -OCH3 is 1. The Morgan fingerprint density at radius 3 is 2.24 bits per heavy atom. The van der Waals surface area contributed by atoms with Crippen LogP contribution < -0.4 is 14.8 Å². The van der Waals surface area contributed by atoms with E-state index in [4.69, 9.17) is 21.1 Å². The molecule has 0 aliphatic heterocycles. The molecule has 0 saturated carbocycles. The minimum Gasteiger partial charge on any atom is -0.495 e. The summed E-state index contributed by atoms with van der Waals surface area (Å²) in [4.78, 5) is 24.9. The van der Waals surface area contributed by atoms with E-state index in [9.17, 15) is 9.59 Å². The van der Waals surface area contributed by atoms with E-state index in [0.29, 0.717) is 33.3 Å². The zero-order valence-corrected chi connectivity index (χ0v) is 16.8. The van der Waals surface area contributed by atoms with Crippen LogP contribution >= 0.6 is 11.6 Å². The molecular formula is C23H20ClNO4. The number of benzene rings is 3. The fourth-order valence-corrected chi connectivity index (χ4v) is 2.88. The zero-order valence-electron chi connectivity index (χ0n) is 16.0. The van der Waals surface area contributed by atoms with Crippen molar-refractivity contribution in [2.45, 2.75) is 13.0 Å². The number of halogens is 1. The number of hydrogen-bond acceptors (Lipinski definition) is 4. The molecule has 6 heteroatoms. The predicted octanol–water partition coefficient (Wildman–Crippen LogP) is 4.99. The molecule has 1 unspecified atom stereocenters. The van der Waals surface area contributed by atoms with Crippen LogP contribution in [0.4, 0.5) is 5.69 Å². The number of rotatable bonds is 7. The van der Waals surface area contributed by atoms with Crippen molar-refractivity contribution in [3.05, 3.63) is 88.9 Å². The molecule has 0 radical (unpaired) electrons. The summed E-state index contributed by atoms with van der Waals surface area (Å²) in [6, 6.07) is 20.7. The smallest absolute Gasteiger partial charge is 0.265 e. The van der Waals surface area contributed by atoms with Crippen molar-refractivity contribution in [2.75, 3.05) is 12.4 Å². The third-order valence-electron chi connectivity index (χ3n) is 4.25. The van der Waals surface area contributed by atoms with E-state index in [1.807, 2.05) is 18.2 Å². The molecule has 1 atom stereocenters. The SMILES string of the molecule is COc1ccc(Cl)cc1NC(=O)C(C)Oc1ccc(C(=O)c2ccccc2)cc1. The Labute approximate surface area is 174 Å². The lowest BCUT2D eigenvalue weighted by molar-refractivity contribution is -0.122. The largest absolute Gasteiger partial charge is 0.495 e. The third kappa shape index (κ3) is 5.15. The Kier molecular flexibility index (Phi) is 6.52. The first-order valence-electron chi connectivity index (χ1n) is 8.99. The van der Waals surface area contributed by atoms with Gasteiger partial charge in [-0.3, -0.25) is 9.59 Å². The molecule has 1 N–H and O–H groups in total. The summed E-state index contributed by atoms with van der Waals surface area (Å²) >= 11 is 5.99. The number of carbonyl (C=O) groups is 2. The van der Waals surface area contributed by atoms with Crippen molar-refractivity contribution in [2.24, 2.45) is 0 Å². The highest BCUT2D eigenvalue weighted by molar-refractivity contribution is 6.31. The van der Waals surface area contributed by atoms with Crippen LogP contribution in [0.1, 0.15) is 22.8 Å². The second-order valence-electron chi connectivity index (χ2n) is 6.31. The van der Waals surface area contributed by atoms with Gasteiger partial charge < -0.3 is 14.8 Å². The van der Waals surface area contributed by atoms with E-state index >= 15 is 0 Å². The van der Waals surface area contributed by atoms with E-state index in [2.05, 4.69) is 5.32 Å². The van der Waals surface area contributed by atoms with E-state index in [-0.39, 0.29) is 11.7 Å². The van der Waals surface area contributed by atoms with Gasteiger partial charge in [0, 0.05) is 16.1 Å². The maximum absolute atomic E-state index is 12.5. The van der Waals surface area contributed by atoms with Crippen LogP contribution in [0.2, 0.25) is 5.02 Å². The van der Waals surface area contributed by atoms with E-state index in [1.54, 1.807) is 61.5 Å². The van der Waals surface area contributed by atoms with Gasteiger partial charge in [-0.1, -0.05) is 41.9 Å². The highest BCUT2D eigenvalue weighted by Gasteiger charge is 2.17. The molecule has 3 aromatic rings. The van der Waals surface area contributed by atoms with E-state index < -0.39 is 6.10 Å². The van der Waals surface area contributed by atoms with Gasteiger partial charge in [-0.15, -0.1) is 0 Å². The first kappa shape index (κ1) is 20.4. The molecule has 0 heterocycles. The van der Waals surface area contributed by atoms with E-state index in [0.717, 1.165) is 0 Å². The number of amides is 1. The predicted molar refractivity (Wildman–Crippen MR) is 113 cm³/mol. The maximum atomic E-state index is 12.5. The summed E-state index contributed by atoms with van der Waals surface area (Å²) in [5, 5.41) is 3.23. The Hall–Kier alpha value is -3.31. The lowest BCUT2D eigenvalue weighted by Crippen LogP contribution is -2.30. The number of ether oxygens (including phenoxy) is 2. The number of ketones is 1. The van der Waals surface area contributed by atoms with Gasteiger partial charge in [-0.2, -0.15) is 0 Å². The fraction of sp³-hybridized carbons (Fsp3) is 0.130. The molecule has 1 amide bonds. The first-order valence-corrected chi connectivity index (χ1v) is 9.36. The van der Waals surface area contributed by atoms with Crippen LogP contribution in [0.3, 0.4) is 0 Å². The Morgan fingerprint density at radius 1 is 0.931 bits per heavy atom. The molecule has 0 aliphatic rings. The van der Waals surface area contributed by atoms with Gasteiger partial charge in [0.25, 0.3) is 5.91 Å². The topological polar surface area (TPSA) is 64.6 Å². The number of nitrogens with one attached hydrogen (secondary N) is 1. The highest BCUT2D eigenvalue weighted by atomic mass is 35.5. The van der Waals surface area contributed by atoms with Gasteiger partial charge in [-0.05, 0) is 49.4 Å². The summed E-state index contributed by atoms with van der Waals surface area (Å²) in [7, 11) is 1.51. The molecule has 0 aliphatic carbocycles. The summed E-state index contributed by atoms with van der Waals surface area (Å²) in [6.45, 7) is 1.63. The molecule has 29 heavy (non-hydrogen) atoms. The summed E-state index contributed by atoms with van der Waals surface area (Å²) < 4.78 is 10.9. The quantitative estimate of drug-likeness (QED) is 0.558. The molecule has 0 bridgehead atoms. The second kappa shape index (κ2) is 9.26. The van der Waals surface area contributed by atoms with Crippen molar-refractivity contribution < 1.29 is 19.1 Å². The van der Waals surface area contributed by atoms with Crippen molar-refractivity contribution in [1.29, 1.82) is 0 Å². The Morgan fingerprint density at radius 2 is 1.59 bits per heavy atom. The highest BCUT2D eigenvalue weighted by Crippen LogP contribution is 2.28. The van der Waals surface area contributed by atoms with Gasteiger partial charge in [0.15, 0.2) is 11.9 Å². The van der Waals surface area contributed by atoms with Crippen LogP contribution in [0.15, 0.2) is 72.8 Å². The van der Waals surface area contributed by atoms with E-state index in [1.165, 1.54) is 7.11 Å². The van der Waals surface area contributed by atoms with Crippen LogP contribution in [0, 0.1) is 0 Å².